The van der Waals surface area contributed by atoms with Crippen LogP contribution in [0.2, 0.25) is 0 Å². The van der Waals surface area contributed by atoms with Crippen molar-refractivity contribution in [2.45, 2.75) is 18.9 Å². The van der Waals surface area contributed by atoms with Crippen LogP contribution < -0.4 is 9.84 Å². The molecule has 0 bridgehead atoms. The van der Waals surface area contributed by atoms with Gasteiger partial charge in [0.25, 0.3) is 11.7 Å². The second-order valence-corrected chi connectivity index (χ2v) is 6.77. The summed E-state index contributed by atoms with van der Waals surface area (Å²) in [5.74, 6) is -3.32. The Hall–Kier alpha value is -3.81. The lowest BCUT2D eigenvalue weighted by atomic mass is 9.95. The third kappa shape index (κ3) is 3.98. The lowest BCUT2D eigenvalue weighted by molar-refractivity contribution is -0.305. The summed E-state index contributed by atoms with van der Waals surface area (Å²) < 4.78 is 5.12. The van der Waals surface area contributed by atoms with Crippen LogP contribution in [0.1, 0.15) is 30.0 Å². The number of carbonyl (C=O) groups is 3. The number of phenolic OH excluding ortho intramolecular Hbond substituents is 1. The van der Waals surface area contributed by atoms with E-state index in [9.17, 15) is 29.7 Å². The molecule has 0 spiro atoms. The minimum absolute atomic E-state index is 0.0298. The molecule has 1 heterocycles. The van der Waals surface area contributed by atoms with E-state index in [0.717, 1.165) is 0 Å². The van der Waals surface area contributed by atoms with Crippen molar-refractivity contribution in [2.75, 3.05) is 13.7 Å². The van der Waals surface area contributed by atoms with Crippen molar-refractivity contribution >= 4 is 23.4 Å². The van der Waals surface area contributed by atoms with E-state index < -0.39 is 23.7 Å². The highest BCUT2D eigenvalue weighted by atomic mass is 16.5. The molecule has 0 saturated carbocycles. The van der Waals surface area contributed by atoms with Crippen LogP contribution in [0.4, 0.5) is 0 Å². The molecular formula is C22H20NO7-. The molecule has 1 amide bonds. The van der Waals surface area contributed by atoms with Crippen molar-refractivity contribution in [3.05, 3.63) is 65.2 Å². The Bertz CT molecular complexity index is 1010. The smallest absolute Gasteiger partial charge is 0.295 e. The van der Waals surface area contributed by atoms with Gasteiger partial charge in [-0.15, -0.1) is 0 Å². The summed E-state index contributed by atoms with van der Waals surface area (Å²) >= 11 is 0. The van der Waals surface area contributed by atoms with E-state index in [1.165, 1.54) is 30.2 Å². The molecule has 2 N–H and O–H groups in total. The Labute approximate surface area is 172 Å². The van der Waals surface area contributed by atoms with Gasteiger partial charge in [0, 0.05) is 18.1 Å². The number of carboxylic acid groups (broad SMARTS) is 1. The van der Waals surface area contributed by atoms with Crippen LogP contribution in [-0.4, -0.2) is 46.4 Å². The van der Waals surface area contributed by atoms with Gasteiger partial charge in [-0.2, -0.15) is 0 Å². The number of carbonyl (C=O) groups excluding carboxylic acids is 3. The highest BCUT2D eigenvalue weighted by Crippen LogP contribution is 2.41. The molecule has 2 aromatic carbocycles. The second-order valence-electron chi connectivity index (χ2n) is 6.77. The molecule has 156 valence electrons. The first kappa shape index (κ1) is 20.9. The number of ketones is 1. The summed E-state index contributed by atoms with van der Waals surface area (Å²) in [4.78, 5) is 37.5. The number of hydrogen-bond acceptors (Lipinski definition) is 7. The van der Waals surface area contributed by atoms with Crippen molar-refractivity contribution in [1.29, 1.82) is 0 Å². The fourth-order valence-corrected chi connectivity index (χ4v) is 3.47. The lowest BCUT2D eigenvalue weighted by Crippen LogP contribution is -2.32. The normalized spacial score (nSPS) is 17.9. The largest absolute Gasteiger partial charge is 0.550 e. The zero-order valence-electron chi connectivity index (χ0n) is 16.2. The van der Waals surface area contributed by atoms with Crippen molar-refractivity contribution in [3.63, 3.8) is 0 Å². The minimum atomic E-state index is -1.27. The maximum Gasteiger partial charge on any atom is 0.295 e. The zero-order valence-corrected chi connectivity index (χ0v) is 16.2. The number of hydrogen-bond donors (Lipinski definition) is 2. The van der Waals surface area contributed by atoms with Gasteiger partial charge in [-0.1, -0.05) is 36.4 Å². The molecule has 0 radical (unpaired) electrons. The van der Waals surface area contributed by atoms with E-state index in [1.807, 2.05) is 0 Å². The Kier molecular flexibility index (Phi) is 6.06. The molecule has 3 rings (SSSR count). The van der Waals surface area contributed by atoms with E-state index in [-0.39, 0.29) is 42.2 Å². The number of ether oxygens (including phenoxy) is 1. The fourth-order valence-electron chi connectivity index (χ4n) is 3.47. The summed E-state index contributed by atoms with van der Waals surface area (Å²) in [7, 11) is 1.36. The van der Waals surface area contributed by atoms with Crippen molar-refractivity contribution in [1.82, 2.24) is 4.90 Å². The number of benzene rings is 2. The molecule has 1 saturated heterocycles. The number of phenols is 1. The average molecular weight is 410 g/mol. The standard InChI is InChI=1S/C22H21NO7/c1-30-16-12-14(9-10-15(16)24)19-18(20(27)13-6-3-2-4-7-13)21(28)22(29)23(19)11-5-8-17(25)26/h2-4,6-7,9-10,12,19,24,27H,5,8,11H2,1H3,(H,25,26)/p-1/t19-/m0/s1. The molecule has 30 heavy (non-hydrogen) atoms. The van der Waals surface area contributed by atoms with E-state index in [0.29, 0.717) is 11.1 Å². The van der Waals surface area contributed by atoms with Gasteiger partial charge in [-0.3, -0.25) is 9.59 Å². The first-order valence-corrected chi connectivity index (χ1v) is 9.25. The number of likely N-dealkylation sites (tertiary alicyclic amines) is 1. The van der Waals surface area contributed by atoms with Gasteiger partial charge < -0.3 is 29.8 Å². The van der Waals surface area contributed by atoms with Crippen LogP contribution in [0.15, 0.2) is 54.1 Å². The molecule has 2 aromatic rings. The summed E-state index contributed by atoms with van der Waals surface area (Å²) in [6.07, 6.45) is -0.209. The van der Waals surface area contributed by atoms with Gasteiger partial charge in [0.15, 0.2) is 11.5 Å². The SMILES string of the molecule is COc1cc([C@H]2C(=C(O)c3ccccc3)C(=O)C(=O)N2CCCC(=O)[O-])ccc1O. The van der Waals surface area contributed by atoms with Gasteiger partial charge in [0.2, 0.25) is 0 Å². The predicted molar refractivity (Wildman–Crippen MR) is 104 cm³/mol. The van der Waals surface area contributed by atoms with E-state index in [2.05, 4.69) is 0 Å². The second kappa shape index (κ2) is 8.69. The Morgan fingerprint density at radius 2 is 1.87 bits per heavy atom. The van der Waals surface area contributed by atoms with Crippen LogP contribution >= 0.6 is 0 Å². The van der Waals surface area contributed by atoms with Gasteiger partial charge in [-0.25, -0.2) is 0 Å². The summed E-state index contributed by atoms with van der Waals surface area (Å²) in [6, 6.07) is 11.7. The molecule has 0 aliphatic carbocycles. The maximum absolute atomic E-state index is 12.8. The predicted octanol–water partition coefficient (Wildman–Crippen LogP) is 1.35. The molecule has 0 unspecified atom stereocenters. The molecular weight excluding hydrogens is 390 g/mol. The van der Waals surface area contributed by atoms with Gasteiger partial charge in [-0.05, 0) is 30.5 Å². The zero-order chi connectivity index (χ0) is 21.8. The van der Waals surface area contributed by atoms with E-state index >= 15 is 0 Å². The van der Waals surface area contributed by atoms with E-state index in [4.69, 9.17) is 4.74 Å². The maximum atomic E-state index is 12.8. The third-order valence-electron chi connectivity index (χ3n) is 4.89. The van der Waals surface area contributed by atoms with Crippen LogP contribution in [0, 0.1) is 0 Å². The average Bonchev–Trinajstić information content (AvgIpc) is 2.99. The lowest BCUT2D eigenvalue weighted by Gasteiger charge is -2.26. The van der Waals surface area contributed by atoms with Gasteiger partial charge in [0.05, 0.1) is 18.7 Å². The Morgan fingerprint density at radius 1 is 1.17 bits per heavy atom. The molecule has 0 aromatic heterocycles. The summed E-state index contributed by atoms with van der Waals surface area (Å²) in [5.41, 5.74) is 0.670. The molecule has 1 fully saturated rings. The number of aliphatic hydroxyl groups excluding tert-OH is 1. The van der Waals surface area contributed by atoms with Crippen LogP contribution in [0.25, 0.3) is 5.76 Å². The highest BCUT2D eigenvalue weighted by molar-refractivity contribution is 6.46. The van der Waals surface area contributed by atoms with Gasteiger partial charge in [0.1, 0.15) is 5.76 Å². The highest BCUT2D eigenvalue weighted by Gasteiger charge is 2.46. The number of nitrogens with zero attached hydrogens (tertiary/aromatic N) is 1. The number of aliphatic carboxylic acids is 1. The van der Waals surface area contributed by atoms with Gasteiger partial charge >= 0.3 is 0 Å². The molecule has 1 aliphatic heterocycles. The number of Topliss-reactive ketones (excluding diaryl/α,β-unsaturated/α-hetero) is 1. The molecule has 8 heteroatoms. The molecule has 1 aliphatic rings. The number of methoxy groups -OCH3 is 1. The summed E-state index contributed by atoms with van der Waals surface area (Å²) in [6.45, 7) is -0.0298. The quantitative estimate of drug-likeness (QED) is 0.401. The molecule has 1 atom stereocenters. The van der Waals surface area contributed by atoms with Crippen LogP contribution in [0.5, 0.6) is 11.5 Å². The van der Waals surface area contributed by atoms with Crippen molar-refractivity contribution < 1.29 is 34.4 Å². The van der Waals surface area contributed by atoms with E-state index in [1.54, 1.807) is 30.3 Å². The number of amides is 1. The van der Waals surface area contributed by atoms with Crippen molar-refractivity contribution in [2.24, 2.45) is 0 Å². The minimum Gasteiger partial charge on any atom is -0.550 e. The Balaban J connectivity index is 2.13. The number of carboxylic acids is 1. The van der Waals surface area contributed by atoms with Crippen LogP contribution in [0.3, 0.4) is 0 Å². The summed E-state index contributed by atoms with van der Waals surface area (Å²) in [5, 5.41) is 31.5. The topological polar surface area (TPSA) is 127 Å². The first-order chi connectivity index (χ1) is 14.3. The third-order valence-corrected chi connectivity index (χ3v) is 4.89. The number of aromatic hydroxyl groups is 1. The molecule has 8 nitrogen and oxygen atoms in total. The fraction of sp³-hybridized carbons (Fsp3) is 0.227. The monoisotopic (exact) mass is 410 g/mol. The Morgan fingerprint density at radius 3 is 2.50 bits per heavy atom. The van der Waals surface area contributed by atoms with Crippen LogP contribution in [-0.2, 0) is 14.4 Å². The van der Waals surface area contributed by atoms with Crippen molar-refractivity contribution in [3.8, 4) is 11.5 Å². The first-order valence-electron chi connectivity index (χ1n) is 9.25. The number of aliphatic hydroxyl groups is 1. The number of rotatable bonds is 7.